The van der Waals surface area contributed by atoms with Gasteiger partial charge in [-0.25, -0.2) is 23.2 Å². The van der Waals surface area contributed by atoms with E-state index in [2.05, 4.69) is 33.8 Å². The summed E-state index contributed by atoms with van der Waals surface area (Å²) in [5.74, 6) is -0.324. The molecule has 5 heterocycles. The molecule has 1 fully saturated rings. The number of nitrogen functional groups attached to an aromatic ring is 2. The molecule has 25 nitrogen and oxygen atoms in total. The van der Waals surface area contributed by atoms with Gasteiger partial charge in [-0.3, -0.25) is 46.8 Å². The molecular weight excluding hydrogens is 761 g/mol. The number of imidazole rings is 2. The number of hydrogen-bond acceptors (Lipinski definition) is 19. The van der Waals surface area contributed by atoms with Gasteiger partial charge in [0.05, 0.1) is 33.1 Å². The number of aromatic nitrogens is 8. The van der Waals surface area contributed by atoms with Gasteiger partial charge < -0.3 is 31.3 Å². The van der Waals surface area contributed by atoms with E-state index in [-0.39, 0.29) is 41.6 Å². The van der Waals surface area contributed by atoms with Crippen molar-refractivity contribution in [1.29, 1.82) is 0 Å². The molecule has 0 saturated carbocycles. The highest BCUT2D eigenvalue weighted by atomic mass is 31.3. The number of nitrogens with two attached hydrogens (primary N) is 2. The van der Waals surface area contributed by atoms with Gasteiger partial charge in [0.15, 0.2) is 23.7 Å². The number of aryl methyl sites for hydroxylation is 2. The lowest BCUT2D eigenvalue weighted by Gasteiger charge is -2.23. The molecule has 1 aliphatic rings. The van der Waals surface area contributed by atoms with Gasteiger partial charge in [-0.05, 0) is 12.8 Å². The monoisotopic (exact) mass is 801 g/mol. The third kappa shape index (κ3) is 9.20. The number of rotatable bonds is 16. The fourth-order valence-corrected chi connectivity index (χ4v) is 9.24. The van der Waals surface area contributed by atoms with Crippen LogP contribution in [0.1, 0.15) is 32.9 Å². The highest BCUT2D eigenvalue weighted by molar-refractivity contribution is 7.67. The van der Waals surface area contributed by atoms with Crippen LogP contribution in [0.4, 0.5) is 11.9 Å². The van der Waals surface area contributed by atoms with Crippen molar-refractivity contribution >= 4 is 57.7 Å². The van der Waals surface area contributed by atoms with Gasteiger partial charge in [0.25, 0.3) is 17.1 Å². The van der Waals surface area contributed by atoms with Crippen molar-refractivity contribution in [1.82, 2.24) is 34.1 Å². The summed E-state index contributed by atoms with van der Waals surface area (Å²) in [6, 6.07) is 0. The van der Waals surface area contributed by atoms with E-state index in [1.807, 2.05) is 13.8 Å². The maximum absolute atomic E-state index is 13.2. The molecule has 7 atom stereocenters. The minimum atomic E-state index is -5.20. The molecule has 7 unspecified atom stereocenters. The van der Waals surface area contributed by atoms with E-state index >= 15 is 0 Å². The van der Waals surface area contributed by atoms with Crippen LogP contribution in [0.3, 0.4) is 0 Å². The molecule has 1 aliphatic heterocycles. The summed E-state index contributed by atoms with van der Waals surface area (Å²) >= 11 is 0. The van der Waals surface area contributed by atoms with Crippen LogP contribution in [0.25, 0.3) is 22.3 Å². The molecule has 9 N–H and O–H groups in total. The van der Waals surface area contributed by atoms with Gasteiger partial charge in [-0.15, -0.1) is 0 Å². The average molecular weight is 802 g/mol. The SMILES string of the molecule is CC.COP(=O)(OCC1OC(n2cnc3c(=O)[nH]c(N)nc32)C(O)C1O)OP(=O)(OC)OP(=O)(O)OCCCC[n+]1cn(C)c2c(=O)[nH]c(N)nc21. The number of anilines is 2. The van der Waals surface area contributed by atoms with Gasteiger partial charge in [0.2, 0.25) is 11.5 Å². The van der Waals surface area contributed by atoms with Gasteiger partial charge in [0, 0.05) is 14.2 Å². The number of ether oxygens (including phenoxy) is 1. The van der Waals surface area contributed by atoms with E-state index in [0.29, 0.717) is 18.6 Å². The van der Waals surface area contributed by atoms with E-state index < -0.39 is 65.7 Å². The van der Waals surface area contributed by atoms with Crippen LogP contribution in [0.2, 0.25) is 0 Å². The number of nitrogens with zero attached hydrogens (tertiary/aromatic N) is 6. The standard InChI is InChI=1S/C22H33N10O15P3.C2H6/c1-30-10-31(17-13(30)19(36)29-22(24)27-17)6-4-5-7-43-48(37,38)46-50(40,42-3)47-49(39,41-2)44-8-11-14(33)15(34)20(45-11)32-9-25-12-16(32)26-21(23)28-18(12)35;1-2/h9-11,14-15,20,33-34H,4-8H2,1-3H3,(H6-,23,24,26,27,28,29,35,36,37,38);1-2H3/p+1. The second kappa shape index (κ2) is 16.7. The number of aromatic amines is 2. The lowest BCUT2D eigenvalue weighted by molar-refractivity contribution is -0.674. The summed E-state index contributed by atoms with van der Waals surface area (Å²) in [6.45, 7) is 3.09. The van der Waals surface area contributed by atoms with E-state index in [1.54, 1.807) is 22.5 Å². The Balaban J connectivity index is 0.00000297. The van der Waals surface area contributed by atoms with Crippen molar-refractivity contribution in [3.05, 3.63) is 33.4 Å². The van der Waals surface area contributed by atoms with Crippen LogP contribution in [0.15, 0.2) is 22.2 Å². The van der Waals surface area contributed by atoms with E-state index in [0.717, 1.165) is 25.1 Å². The molecule has 4 aromatic heterocycles. The number of unbranched alkanes of at least 4 members (excludes halogenated alkanes) is 1. The Labute approximate surface area is 293 Å². The van der Waals surface area contributed by atoms with Gasteiger partial charge in [0.1, 0.15) is 18.3 Å². The first-order valence-corrected chi connectivity index (χ1v) is 19.7. The number of phosphoric acid groups is 3. The molecular formula is C24H40N10O15P3+. The highest BCUT2D eigenvalue weighted by Gasteiger charge is 2.48. The summed E-state index contributed by atoms with van der Waals surface area (Å²) in [5, 5.41) is 21.2. The molecule has 290 valence electrons. The number of hydrogen-bond donors (Lipinski definition) is 7. The Bertz CT molecular complexity index is 2140. The van der Waals surface area contributed by atoms with Crippen LogP contribution in [0.5, 0.6) is 0 Å². The van der Waals surface area contributed by atoms with Crippen molar-refractivity contribution in [2.75, 3.05) is 38.9 Å². The fourth-order valence-electron chi connectivity index (χ4n) is 4.89. The normalized spacial score (nSPS) is 22.5. The Morgan fingerprint density at radius 3 is 2.29 bits per heavy atom. The molecule has 0 spiro atoms. The predicted molar refractivity (Wildman–Crippen MR) is 178 cm³/mol. The quantitative estimate of drug-likeness (QED) is 0.0443. The second-order valence-electron chi connectivity index (χ2n) is 10.6. The zero-order chi connectivity index (χ0) is 38.6. The average Bonchev–Trinajstić information content (AvgIpc) is 3.73. The van der Waals surface area contributed by atoms with Crippen molar-refractivity contribution < 1.29 is 64.8 Å². The minimum absolute atomic E-state index is 0.0717. The molecule has 0 bridgehead atoms. The Kier molecular flexibility index (Phi) is 13.3. The number of H-pyrrole nitrogens is 2. The molecule has 5 rings (SSSR count). The summed E-state index contributed by atoms with van der Waals surface area (Å²) in [6.07, 6.45) is -2.90. The van der Waals surface area contributed by atoms with E-state index in [1.165, 1.54) is 0 Å². The maximum Gasteiger partial charge on any atom is 0.492 e. The first-order chi connectivity index (χ1) is 24.5. The molecule has 52 heavy (non-hydrogen) atoms. The predicted octanol–water partition coefficient (Wildman–Crippen LogP) is -0.0519. The molecule has 1 saturated heterocycles. The smallest absolute Gasteiger partial charge is 0.387 e. The highest BCUT2D eigenvalue weighted by Crippen LogP contribution is 2.71. The van der Waals surface area contributed by atoms with Gasteiger partial charge >= 0.3 is 29.1 Å². The van der Waals surface area contributed by atoms with Crippen LogP contribution in [-0.4, -0.2) is 94.9 Å². The van der Waals surface area contributed by atoms with Gasteiger partial charge in [-0.2, -0.15) is 13.6 Å². The van der Waals surface area contributed by atoms with Crippen LogP contribution < -0.4 is 27.2 Å². The summed E-state index contributed by atoms with van der Waals surface area (Å²) in [4.78, 5) is 51.1. The van der Waals surface area contributed by atoms with Crippen LogP contribution in [-0.2, 0) is 58.7 Å². The van der Waals surface area contributed by atoms with Crippen LogP contribution in [0, 0.1) is 0 Å². The molecule has 0 aliphatic carbocycles. The minimum Gasteiger partial charge on any atom is -0.387 e. The first-order valence-electron chi connectivity index (χ1n) is 15.3. The summed E-state index contributed by atoms with van der Waals surface area (Å²) in [5.41, 5.74) is 10.5. The summed E-state index contributed by atoms with van der Waals surface area (Å²) in [7, 11) is -12.1. The van der Waals surface area contributed by atoms with Crippen molar-refractivity contribution in [3.63, 3.8) is 0 Å². The number of aliphatic hydroxyl groups is 2. The topological polar surface area (TPSA) is 347 Å². The van der Waals surface area contributed by atoms with Gasteiger partial charge in [-0.1, -0.05) is 18.8 Å². The molecule has 0 aromatic carbocycles. The van der Waals surface area contributed by atoms with E-state index in [4.69, 9.17) is 34.1 Å². The summed E-state index contributed by atoms with van der Waals surface area (Å²) < 4.78 is 77.5. The maximum atomic E-state index is 13.2. The van der Waals surface area contributed by atoms with Crippen LogP contribution >= 0.6 is 23.5 Å². The third-order valence-electron chi connectivity index (χ3n) is 7.19. The molecule has 0 radical (unpaired) electrons. The number of nitrogens with one attached hydrogen (secondary N) is 2. The first kappa shape index (κ1) is 41.3. The lowest BCUT2D eigenvalue weighted by Crippen LogP contribution is -2.33. The van der Waals surface area contributed by atoms with E-state index in [9.17, 15) is 38.4 Å². The number of phosphoric ester groups is 2. The number of fused-ring (bicyclic) bond motifs is 2. The Morgan fingerprint density at radius 1 is 0.962 bits per heavy atom. The Morgan fingerprint density at radius 2 is 1.62 bits per heavy atom. The van der Waals surface area contributed by atoms with Crippen molar-refractivity contribution in [2.24, 2.45) is 7.05 Å². The largest absolute Gasteiger partial charge is 0.492 e. The molecule has 28 heteroatoms. The van der Waals surface area contributed by atoms with Crippen molar-refractivity contribution in [3.8, 4) is 0 Å². The second-order valence-corrected chi connectivity index (χ2v) is 15.9. The third-order valence-corrected chi connectivity index (χ3v) is 12.3. The zero-order valence-corrected chi connectivity index (χ0v) is 31.1. The number of aliphatic hydroxyl groups excluding tert-OH is 2. The Hall–Kier alpha value is -3.41. The molecule has 4 aromatic rings. The molecule has 0 amide bonds. The zero-order valence-electron chi connectivity index (χ0n) is 28.4. The fraction of sp³-hybridized carbons (Fsp3) is 0.583. The lowest BCUT2D eigenvalue weighted by atomic mass is 10.1. The van der Waals surface area contributed by atoms with Crippen molar-refractivity contribution in [2.45, 2.75) is 57.8 Å².